The first-order chi connectivity index (χ1) is 13.1. The van der Waals surface area contributed by atoms with Gasteiger partial charge >= 0.3 is 0 Å². The van der Waals surface area contributed by atoms with Crippen LogP contribution >= 0.6 is 23.1 Å². The third-order valence-electron chi connectivity index (χ3n) is 3.60. The van der Waals surface area contributed by atoms with Crippen molar-refractivity contribution in [1.29, 1.82) is 0 Å². The molecule has 3 heterocycles. The summed E-state index contributed by atoms with van der Waals surface area (Å²) in [4.78, 5) is 16.6. The van der Waals surface area contributed by atoms with Crippen molar-refractivity contribution < 1.29 is 4.79 Å². The SMILES string of the molecule is C=CCn1c(SC(C)C(=O)Nc2nnc(CC)s2)nnc1-c1cccnc1. The molecule has 10 heteroatoms. The summed E-state index contributed by atoms with van der Waals surface area (Å²) >= 11 is 2.71. The molecule has 0 aliphatic heterocycles. The molecule has 0 aliphatic carbocycles. The number of anilines is 1. The number of rotatable bonds is 8. The molecule has 1 N–H and O–H groups in total. The van der Waals surface area contributed by atoms with E-state index >= 15 is 0 Å². The van der Waals surface area contributed by atoms with Crippen molar-refractivity contribution in [2.45, 2.75) is 37.2 Å². The van der Waals surface area contributed by atoms with Crippen LogP contribution in [0.15, 0.2) is 42.3 Å². The average molecular weight is 402 g/mol. The lowest BCUT2D eigenvalue weighted by Crippen LogP contribution is -2.22. The van der Waals surface area contributed by atoms with Crippen LogP contribution in [0, 0.1) is 0 Å². The number of carbonyl (C=O) groups excluding carboxylic acids is 1. The molecular weight excluding hydrogens is 382 g/mol. The highest BCUT2D eigenvalue weighted by atomic mass is 32.2. The van der Waals surface area contributed by atoms with Gasteiger partial charge in [0.25, 0.3) is 0 Å². The van der Waals surface area contributed by atoms with Crippen LogP contribution in [0.2, 0.25) is 0 Å². The van der Waals surface area contributed by atoms with Crippen molar-refractivity contribution in [3.05, 3.63) is 42.2 Å². The van der Waals surface area contributed by atoms with E-state index in [2.05, 4.69) is 37.3 Å². The molecule has 27 heavy (non-hydrogen) atoms. The summed E-state index contributed by atoms with van der Waals surface area (Å²) in [6.45, 7) is 8.14. The molecule has 0 spiro atoms. The molecule has 8 nitrogen and oxygen atoms in total. The minimum Gasteiger partial charge on any atom is -0.300 e. The van der Waals surface area contributed by atoms with Gasteiger partial charge in [0, 0.05) is 24.5 Å². The first-order valence-corrected chi connectivity index (χ1v) is 10.1. The molecule has 3 aromatic rings. The smallest absolute Gasteiger partial charge is 0.239 e. The minimum absolute atomic E-state index is 0.158. The van der Waals surface area contributed by atoms with Gasteiger partial charge in [-0.1, -0.05) is 36.1 Å². The lowest BCUT2D eigenvalue weighted by Gasteiger charge is -2.11. The van der Waals surface area contributed by atoms with Gasteiger partial charge in [-0.3, -0.25) is 19.7 Å². The third kappa shape index (κ3) is 4.58. The summed E-state index contributed by atoms with van der Waals surface area (Å²) in [6.07, 6.45) is 6.00. The van der Waals surface area contributed by atoms with E-state index < -0.39 is 0 Å². The van der Waals surface area contributed by atoms with E-state index in [0.717, 1.165) is 17.0 Å². The van der Waals surface area contributed by atoms with Crippen molar-refractivity contribution in [1.82, 2.24) is 29.9 Å². The maximum absolute atomic E-state index is 12.5. The first-order valence-electron chi connectivity index (χ1n) is 8.36. The molecule has 1 unspecified atom stereocenters. The van der Waals surface area contributed by atoms with Crippen molar-refractivity contribution in [2.24, 2.45) is 0 Å². The number of carbonyl (C=O) groups is 1. The van der Waals surface area contributed by atoms with Crippen LogP contribution in [-0.2, 0) is 17.8 Å². The van der Waals surface area contributed by atoms with Crippen LogP contribution in [0.4, 0.5) is 5.13 Å². The average Bonchev–Trinajstić information content (AvgIpc) is 3.30. The molecule has 1 atom stereocenters. The molecule has 3 aromatic heterocycles. The van der Waals surface area contributed by atoms with Gasteiger partial charge in [-0.05, 0) is 25.5 Å². The number of hydrogen-bond donors (Lipinski definition) is 1. The highest BCUT2D eigenvalue weighted by Gasteiger charge is 2.21. The largest absolute Gasteiger partial charge is 0.300 e. The highest BCUT2D eigenvalue weighted by Crippen LogP contribution is 2.27. The van der Waals surface area contributed by atoms with Crippen LogP contribution in [0.5, 0.6) is 0 Å². The van der Waals surface area contributed by atoms with E-state index in [1.807, 2.05) is 30.5 Å². The highest BCUT2D eigenvalue weighted by molar-refractivity contribution is 8.00. The summed E-state index contributed by atoms with van der Waals surface area (Å²) in [5.74, 6) is 0.532. The fraction of sp³-hybridized carbons (Fsp3) is 0.294. The number of aromatic nitrogens is 6. The van der Waals surface area contributed by atoms with Gasteiger partial charge in [0.05, 0.1) is 5.25 Å². The zero-order valence-corrected chi connectivity index (χ0v) is 16.6. The summed E-state index contributed by atoms with van der Waals surface area (Å²) in [6, 6.07) is 3.76. The van der Waals surface area contributed by atoms with Gasteiger partial charge in [-0.15, -0.1) is 27.0 Å². The molecule has 0 bridgehead atoms. The fourth-order valence-electron chi connectivity index (χ4n) is 2.24. The number of thioether (sulfide) groups is 1. The molecule has 1 amide bonds. The molecule has 0 fully saturated rings. The minimum atomic E-state index is -0.381. The Bertz CT molecular complexity index is 923. The molecule has 3 rings (SSSR count). The van der Waals surface area contributed by atoms with Gasteiger partial charge in [0.2, 0.25) is 11.0 Å². The standard InChI is InChI=1S/C17H19N7OS2/c1-4-9-24-14(12-7-6-8-18-10-12)21-23-17(24)26-11(3)15(25)19-16-22-20-13(5-2)27-16/h4,6-8,10-11H,1,5,9H2,2-3H3,(H,19,22,25). The first kappa shape index (κ1) is 19.2. The van der Waals surface area contributed by atoms with Gasteiger partial charge < -0.3 is 0 Å². The maximum atomic E-state index is 12.5. The van der Waals surface area contributed by atoms with Crippen molar-refractivity contribution in [2.75, 3.05) is 5.32 Å². The third-order valence-corrected chi connectivity index (χ3v) is 5.66. The number of allylic oxidation sites excluding steroid dienone is 1. The Kier molecular flexibility index (Phi) is 6.30. The van der Waals surface area contributed by atoms with E-state index in [0.29, 0.717) is 22.7 Å². The van der Waals surface area contributed by atoms with Crippen LogP contribution in [0.1, 0.15) is 18.9 Å². The quantitative estimate of drug-likeness (QED) is 0.457. The van der Waals surface area contributed by atoms with Gasteiger partial charge in [-0.2, -0.15) is 0 Å². The van der Waals surface area contributed by atoms with Crippen LogP contribution in [-0.4, -0.2) is 41.1 Å². The summed E-state index contributed by atoms with van der Waals surface area (Å²) < 4.78 is 1.92. The summed E-state index contributed by atoms with van der Waals surface area (Å²) in [5.41, 5.74) is 0.858. The Balaban J connectivity index is 1.75. The van der Waals surface area contributed by atoms with E-state index in [-0.39, 0.29) is 11.2 Å². The lowest BCUT2D eigenvalue weighted by atomic mass is 10.3. The Morgan fingerprint density at radius 1 is 1.41 bits per heavy atom. The zero-order valence-electron chi connectivity index (χ0n) is 15.0. The molecule has 0 aromatic carbocycles. The molecule has 0 aliphatic rings. The molecule has 0 radical (unpaired) electrons. The van der Waals surface area contributed by atoms with Crippen molar-refractivity contribution in [3.8, 4) is 11.4 Å². The predicted molar refractivity (Wildman–Crippen MR) is 107 cm³/mol. The lowest BCUT2D eigenvalue weighted by molar-refractivity contribution is -0.115. The fourth-order valence-corrected chi connectivity index (χ4v) is 3.78. The maximum Gasteiger partial charge on any atom is 0.239 e. The Labute approximate surface area is 165 Å². The van der Waals surface area contributed by atoms with E-state index in [1.165, 1.54) is 23.1 Å². The number of hydrogen-bond acceptors (Lipinski definition) is 8. The predicted octanol–water partition coefficient (Wildman–Crippen LogP) is 3.06. The molecule has 0 saturated carbocycles. The Hall–Kier alpha value is -2.59. The topological polar surface area (TPSA) is 98.5 Å². The monoisotopic (exact) mass is 401 g/mol. The van der Waals surface area contributed by atoms with Crippen LogP contribution < -0.4 is 5.32 Å². The van der Waals surface area contributed by atoms with E-state index in [4.69, 9.17) is 0 Å². The van der Waals surface area contributed by atoms with E-state index in [1.54, 1.807) is 18.5 Å². The summed E-state index contributed by atoms with van der Waals surface area (Å²) in [7, 11) is 0. The number of aryl methyl sites for hydroxylation is 1. The second-order valence-electron chi connectivity index (χ2n) is 5.55. The zero-order chi connectivity index (χ0) is 19.2. The number of amides is 1. The number of pyridine rings is 1. The Morgan fingerprint density at radius 3 is 2.93 bits per heavy atom. The Morgan fingerprint density at radius 2 is 2.26 bits per heavy atom. The van der Waals surface area contributed by atoms with Gasteiger partial charge in [-0.25, -0.2) is 0 Å². The van der Waals surface area contributed by atoms with Crippen molar-refractivity contribution in [3.63, 3.8) is 0 Å². The van der Waals surface area contributed by atoms with Crippen molar-refractivity contribution >= 4 is 34.1 Å². The molecule has 140 valence electrons. The van der Waals surface area contributed by atoms with Gasteiger partial charge in [0.15, 0.2) is 11.0 Å². The second-order valence-corrected chi connectivity index (χ2v) is 7.92. The van der Waals surface area contributed by atoms with Crippen LogP contribution in [0.25, 0.3) is 11.4 Å². The van der Waals surface area contributed by atoms with Gasteiger partial charge in [0.1, 0.15) is 5.01 Å². The summed E-state index contributed by atoms with van der Waals surface area (Å²) in [5, 5.41) is 21.0. The number of nitrogens with one attached hydrogen (secondary N) is 1. The second kappa shape index (κ2) is 8.87. The van der Waals surface area contributed by atoms with Crippen LogP contribution in [0.3, 0.4) is 0 Å². The number of nitrogens with zero attached hydrogens (tertiary/aromatic N) is 6. The molecular formula is C17H19N7OS2. The molecule has 0 saturated heterocycles. The van der Waals surface area contributed by atoms with E-state index in [9.17, 15) is 4.79 Å². The normalized spacial score (nSPS) is 11.9.